The Labute approximate surface area is 101 Å². The number of nitrogens with one attached hydrogen (secondary N) is 1. The second-order valence-corrected chi connectivity index (χ2v) is 3.94. The monoisotopic (exact) mass is 246 g/mol. The van der Waals surface area contributed by atoms with Gasteiger partial charge in [0.2, 0.25) is 11.8 Å². The zero-order valence-corrected chi connectivity index (χ0v) is 10.3. The molecule has 6 heteroatoms. The molecule has 1 heterocycles. The molecule has 0 saturated carbocycles. The number of ether oxygens (including phenoxy) is 1. The number of hydrogen-bond donors (Lipinski definition) is 2. The maximum Gasteiger partial charge on any atom is 0.245 e. The van der Waals surface area contributed by atoms with Crippen molar-refractivity contribution in [3.8, 4) is 0 Å². The Kier molecular flexibility index (Phi) is 5.62. The van der Waals surface area contributed by atoms with Gasteiger partial charge < -0.3 is 15.0 Å². The van der Waals surface area contributed by atoms with Crippen molar-refractivity contribution >= 4 is 24.4 Å². The standard InChI is InChI=1S/C10H18N2O3S/c1-2-3-11-10(14)8-6-15-5-4-12(8)9(13)7-16/h8,16H,2-7H2,1H3,(H,11,14). The third-order valence-corrected chi connectivity index (χ3v) is 2.71. The fraction of sp³-hybridized carbons (Fsp3) is 0.800. The average molecular weight is 246 g/mol. The molecule has 0 radical (unpaired) electrons. The minimum atomic E-state index is -0.500. The van der Waals surface area contributed by atoms with Gasteiger partial charge in [0.1, 0.15) is 6.04 Å². The van der Waals surface area contributed by atoms with Crippen molar-refractivity contribution in [3.63, 3.8) is 0 Å². The van der Waals surface area contributed by atoms with Gasteiger partial charge >= 0.3 is 0 Å². The number of thiol groups is 1. The summed E-state index contributed by atoms with van der Waals surface area (Å²) in [6, 6.07) is -0.500. The summed E-state index contributed by atoms with van der Waals surface area (Å²) in [7, 11) is 0. The van der Waals surface area contributed by atoms with Crippen LogP contribution in [0, 0.1) is 0 Å². The summed E-state index contributed by atoms with van der Waals surface area (Å²) in [5, 5.41) is 2.77. The second kappa shape index (κ2) is 6.75. The molecule has 92 valence electrons. The van der Waals surface area contributed by atoms with Crippen LogP contribution in [0.1, 0.15) is 13.3 Å². The van der Waals surface area contributed by atoms with Gasteiger partial charge in [0.05, 0.1) is 19.0 Å². The second-order valence-electron chi connectivity index (χ2n) is 3.63. The molecule has 0 bridgehead atoms. The smallest absolute Gasteiger partial charge is 0.245 e. The summed E-state index contributed by atoms with van der Waals surface area (Å²) in [5.41, 5.74) is 0. The van der Waals surface area contributed by atoms with Crippen molar-refractivity contribution in [3.05, 3.63) is 0 Å². The van der Waals surface area contributed by atoms with Crippen LogP contribution in [0.5, 0.6) is 0 Å². The van der Waals surface area contributed by atoms with Gasteiger partial charge in [0, 0.05) is 13.1 Å². The molecular weight excluding hydrogens is 228 g/mol. The summed E-state index contributed by atoms with van der Waals surface area (Å²) in [6.07, 6.45) is 0.875. The van der Waals surface area contributed by atoms with Crippen molar-refractivity contribution in [1.29, 1.82) is 0 Å². The highest BCUT2D eigenvalue weighted by Crippen LogP contribution is 2.08. The fourth-order valence-corrected chi connectivity index (χ4v) is 1.76. The van der Waals surface area contributed by atoms with Gasteiger partial charge in [0.15, 0.2) is 0 Å². The predicted octanol–water partition coefficient (Wildman–Crippen LogP) is -0.330. The largest absolute Gasteiger partial charge is 0.377 e. The molecule has 1 aliphatic rings. The van der Waals surface area contributed by atoms with E-state index in [2.05, 4.69) is 17.9 Å². The van der Waals surface area contributed by atoms with Crippen molar-refractivity contribution in [2.24, 2.45) is 0 Å². The average Bonchev–Trinajstić information content (AvgIpc) is 2.35. The SMILES string of the molecule is CCCNC(=O)C1COCCN1C(=O)CS. The molecule has 0 aromatic heterocycles. The van der Waals surface area contributed by atoms with E-state index in [1.54, 1.807) is 4.90 Å². The van der Waals surface area contributed by atoms with Crippen LogP contribution in [0.25, 0.3) is 0 Å². The highest BCUT2D eigenvalue weighted by atomic mass is 32.1. The molecule has 0 spiro atoms. The van der Waals surface area contributed by atoms with E-state index < -0.39 is 6.04 Å². The van der Waals surface area contributed by atoms with E-state index in [0.717, 1.165) is 6.42 Å². The molecule has 1 rings (SSSR count). The van der Waals surface area contributed by atoms with Gasteiger partial charge in [-0.2, -0.15) is 12.6 Å². The summed E-state index contributed by atoms with van der Waals surface area (Å²) in [6.45, 7) is 3.82. The van der Waals surface area contributed by atoms with Crippen LogP contribution in [0.2, 0.25) is 0 Å². The quantitative estimate of drug-likeness (QED) is 0.668. The highest BCUT2D eigenvalue weighted by molar-refractivity contribution is 7.81. The first kappa shape index (κ1) is 13.3. The first-order valence-electron chi connectivity index (χ1n) is 5.46. The predicted molar refractivity (Wildman–Crippen MR) is 63.5 cm³/mol. The number of amides is 2. The molecule has 1 fully saturated rings. The van der Waals surface area contributed by atoms with Crippen LogP contribution < -0.4 is 5.32 Å². The van der Waals surface area contributed by atoms with Crippen LogP contribution >= 0.6 is 12.6 Å². The van der Waals surface area contributed by atoms with Crippen molar-refractivity contribution in [1.82, 2.24) is 10.2 Å². The zero-order valence-electron chi connectivity index (χ0n) is 9.44. The minimum Gasteiger partial charge on any atom is -0.377 e. The lowest BCUT2D eigenvalue weighted by Gasteiger charge is -2.34. The first-order valence-corrected chi connectivity index (χ1v) is 6.09. The van der Waals surface area contributed by atoms with Crippen LogP contribution in [-0.2, 0) is 14.3 Å². The van der Waals surface area contributed by atoms with Gasteiger partial charge in [-0.15, -0.1) is 0 Å². The van der Waals surface area contributed by atoms with E-state index in [0.29, 0.717) is 19.7 Å². The Hall–Kier alpha value is -0.750. The van der Waals surface area contributed by atoms with E-state index in [-0.39, 0.29) is 24.2 Å². The fourth-order valence-electron chi connectivity index (χ4n) is 1.58. The van der Waals surface area contributed by atoms with Crippen LogP contribution in [0.3, 0.4) is 0 Å². The van der Waals surface area contributed by atoms with Gasteiger partial charge in [-0.3, -0.25) is 9.59 Å². The van der Waals surface area contributed by atoms with Gasteiger partial charge in [-0.1, -0.05) is 6.92 Å². The Morgan fingerprint density at radius 2 is 2.31 bits per heavy atom. The lowest BCUT2D eigenvalue weighted by molar-refractivity contribution is -0.146. The molecule has 1 atom stereocenters. The lowest BCUT2D eigenvalue weighted by Crippen LogP contribution is -2.56. The molecular formula is C10H18N2O3S. The van der Waals surface area contributed by atoms with Crippen molar-refractivity contribution in [2.75, 3.05) is 32.1 Å². The van der Waals surface area contributed by atoms with E-state index in [9.17, 15) is 9.59 Å². The maximum atomic E-state index is 11.8. The number of hydrogen-bond acceptors (Lipinski definition) is 4. The van der Waals surface area contributed by atoms with E-state index in [1.807, 2.05) is 6.92 Å². The number of rotatable bonds is 4. The number of nitrogens with zero attached hydrogens (tertiary/aromatic N) is 1. The topological polar surface area (TPSA) is 58.6 Å². The third-order valence-electron chi connectivity index (χ3n) is 2.44. The van der Waals surface area contributed by atoms with E-state index >= 15 is 0 Å². The lowest BCUT2D eigenvalue weighted by atomic mass is 10.2. The van der Waals surface area contributed by atoms with Crippen LogP contribution in [-0.4, -0.2) is 54.8 Å². The summed E-state index contributed by atoms with van der Waals surface area (Å²) in [5.74, 6) is -0.141. The third kappa shape index (κ3) is 3.38. The summed E-state index contributed by atoms with van der Waals surface area (Å²) in [4.78, 5) is 24.9. The number of carbonyl (C=O) groups excluding carboxylic acids is 2. The summed E-state index contributed by atoms with van der Waals surface area (Å²) >= 11 is 3.94. The Morgan fingerprint density at radius 1 is 1.56 bits per heavy atom. The number of carbonyl (C=O) groups is 2. The first-order chi connectivity index (χ1) is 7.70. The maximum absolute atomic E-state index is 11.8. The Balaban J connectivity index is 2.59. The molecule has 5 nitrogen and oxygen atoms in total. The molecule has 0 aromatic rings. The zero-order chi connectivity index (χ0) is 12.0. The van der Waals surface area contributed by atoms with Gasteiger partial charge in [-0.05, 0) is 6.42 Å². The van der Waals surface area contributed by atoms with E-state index in [4.69, 9.17) is 4.74 Å². The van der Waals surface area contributed by atoms with Crippen LogP contribution in [0.15, 0.2) is 0 Å². The molecule has 0 aromatic carbocycles. The minimum absolute atomic E-state index is 0.122. The van der Waals surface area contributed by atoms with Crippen molar-refractivity contribution < 1.29 is 14.3 Å². The van der Waals surface area contributed by atoms with Gasteiger partial charge in [-0.25, -0.2) is 0 Å². The van der Waals surface area contributed by atoms with E-state index in [1.165, 1.54) is 0 Å². The Morgan fingerprint density at radius 3 is 2.94 bits per heavy atom. The molecule has 1 N–H and O–H groups in total. The molecule has 1 saturated heterocycles. The molecule has 16 heavy (non-hydrogen) atoms. The molecule has 1 aliphatic heterocycles. The summed E-state index contributed by atoms with van der Waals surface area (Å²) < 4.78 is 5.23. The number of morpholine rings is 1. The Bertz CT molecular complexity index is 260. The molecule has 1 unspecified atom stereocenters. The normalized spacial score (nSPS) is 20.6. The van der Waals surface area contributed by atoms with Crippen molar-refractivity contribution in [2.45, 2.75) is 19.4 Å². The molecule has 0 aliphatic carbocycles. The van der Waals surface area contributed by atoms with Gasteiger partial charge in [0.25, 0.3) is 0 Å². The molecule has 2 amide bonds. The van der Waals surface area contributed by atoms with Crippen LogP contribution in [0.4, 0.5) is 0 Å². The highest BCUT2D eigenvalue weighted by Gasteiger charge is 2.31.